The number of hydrogen-bond donors (Lipinski definition) is 1. The molecule has 0 atom stereocenters. The molecule has 0 aliphatic rings. The lowest BCUT2D eigenvalue weighted by atomic mass is 10.2. The number of aryl methyl sites for hydroxylation is 2. The summed E-state index contributed by atoms with van der Waals surface area (Å²) in [5, 5.41) is 7.69. The van der Waals surface area contributed by atoms with Crippen LogP contribution < -0.4 is 5.32 Å². The maximum absolute atomic E-state index is 13.0. The van der Waals surface area contributed by atoms with Crippen molar-refractivity contribution in [3.8, 4) is 0 Å². The first-order valence-corrected chi connectivity index (χ1v) is 6.17. The first-order valence-electron chi connectivity index (χ1n) is 6.17. The second-order valence-corrected chi connectivity index (χ2v) is 4.33. The van der Waals surface area contributed by atoms with Gasteiger partial charge in [0.05, 0.1) is 5.69 Å². The summed E-state index contributed by atoms with van der Waals surface area (Å²) in [7, 11) is 0. The summed E-state index contributed by atoms with van der Waals surface area (Å²) in [6, 6.07) is 6.65. The van der Waals surface area contributed by atoms with E-state index in [4.69, 9.17) is 0 Å². The molecule has 1 aromatic carbocycles. The Hall–Kier alpha value is -1.39. The van der Waals surface area contributed by atoms with Crippen molar-refractivity contribution in [2.45, 2.75) is 33.5 Å². The third-order valence-corrected chi connectivity index (χ3v) is 2.91. The van der Waals surface area contributed by atoms with Crippen LogP contribution in [0.15, 0.2) is 30.5 Å². The first-order chi connectivity index (χ1) is 8.69. The molecule has 1 N–H and O–H groups in total. The van der Waals surface area contributed by atoms with Gasteiger partial charge in [0.15, 0.2) is 0 Å². The van der Waals surface area contributed by atoms with Gasteiger partial charge in [-0.15, -0.1) is 12.4 Å². The Morgan fingerprint density at radius 2 is 2.11 bits per heavy atom. The molecule has 0 aliphatic heterocycles. The van der Waals surface area contributed by atoms with E-state index >= 15 is 0 Å². The van der Waals surface area contributed by atoms with Crippen molar-refractivity contribution in [2.75, 3.05) is 0 Å². The van der Waals surface area contributed by atoms with Gasteiger partial charge in [0.1, 0.15) is 5.82 Å². The lowest BCUT2D eigenvalue weighted by Gasteiger charge is -2.04. The van der Waals surface area contributed by atoms with Gasteiger partial charge in [0.2, 0.25) is 0 Å². The first kappa shape index (κ1) is 15.7. The van der Waals surface area contributed by atoms with Crippen LogP contribution in [0.5, 0.6) is 0 Å². The maximum Gasteiger partial charge on any atom is 0.123 e. The molecule has 0 fully saturated rings. The molecule has 19 heavy (non-hydrogen) atoms. The third-order valence-electron chi connectivity index (χ3n) is 2.91. The summed E-state index contributed by atoms with van der Waals surface area (Å²) in [6.07, 6.45) is 2.05. The number of benzene rings is 1. The molecule has 104 valence electrons. The van der Waals surface area contributed by atoms with Crippen LogP contribution in [0.4, 0.5) is 4.39 Å². The quantitative estimate of drug-likeness (QED) is 0.914. The summed E-state index contributed by atoms with van der Waals surface area (Å²) in [6.45, 7) is 6.36. The molecule has 0 aliphatic carbocycles. The van der Waals surface area contributed by atoms with Crippen LogP contribution in [0.3, 0.4) is 0 Å². The lowest BCUT2D eigenvalue weighted by molar-refractivity contribution is 0.620. The number of halogens is 2. The van der Waals surface area contributed by atoms with Crippen molar-refractivity contribution in [1.29, 1.82) is 0 Å². The minimum absolute atomic E-state index is 0. The Morgan fingerprint density at radius 3 is 2.74 bits per heavy atom. The summed E-state index contributed by atoms with van der Waals surface area (Å²) < 4.78 is 14.9. The van der Waals surface area contributed by atoms with E-state index in [0.29, 0.717) is 6.54 Å². The van der Waals surface area contributed by atoms with Crippen LogP contribution in [-0.2, 0) is 19.6 Å². The highest BCUT2D eigenvalue weighted by molar-refractivity contribution is 5.85. The zero-order valence-electron chi connectivity index (χ0n) is 11.2. The average molecular weight is 284 g/mol. The Balaban J connectivity index is 0.00000180. The predicted molar refractivity (Wildman–Crippen MR) is 76.8 cm³/mol. The fourth-order valence-electron chi connectivity index (χ4n) is 1.88. The van der Waals surface area contributed by atoms with E-state index in [0.717, 1.165) is 24.3 Å². The zero-order valence-corrected chi connectivity index (χ0v) is 12.0. The number of nitrogens with one attached hydrogen (secondary N) is 1. The van der Waals surface area contributed by atoms with Crippen LogP contribution in [0.1, 0.15) is 23.7 Å². The molecule has 2 rings (SSSR count). The van der Waals surface area contributed by atoms with Crippen molar-refractivity contribution in [2.24, 2.45) is 0 Å². The molecule has 1 heterocycles. The zero-order chi connectivity index (χ0) is 13.0. The molecule has 2 aromatic rings. The van der Waals surface area contributed by atoms with Gasteiger partial charge in [-0.05, 0) is 31.5 Å². The average Bonchev–Trinajstić information content (AvgIpc) is 2.71. The SMILES string of the molecule is CCn1cc(CNCc2cccc(F)c2)c(C)n1.Cl. The predicted octanol–water partition coefficient (Wildman–Crippen LogP) is 3.06. The van der Waals surface area contributed by atoms with Gasteiger partial charge in [-0.3, -0.25) is 4.68 Å². The van der Waals surface area contributed by atoms with Gasteiger partial charge in [-0.25, -0.2) is 4.39 Å². The standard InChI is InChI=1S/C14H18FN3.ClH/c1-3-18-10-13(11(2)17-18)9-16-8-12-5-4-6-14(15)7-12;/h4-7,10,16H,3,8-9H2,1-2H3;1H. The van der Waals surface area contributed by atoms with E-state index < -0.39 is 0 Å². The fraction of sp³-hybridized carbons (Fsp3) is 0.357. The van der Waals surface area contributed by atoms with Gasteiger partial charge < -0.3 is 5.32 Å². The van der Waals surface area contributed by atoms with Crippen LogP contribution >= 0.6 is 12.4 Å². The number of rotatable bonds is 5. The van der Waals surface area contributed by atoms with E-state index in [2.05, 4.69) is 17.3 Å². The van der Waals surface area contributed by atoms with E-state index in [9.17, 15) is 4.39 Å². The third kappa shape index (κ3) is 4.33. The van der Waals surface area contributed by atoms with Crippen LogP contribution in [0.25, 0.3) is 0 Å². The summed E-state index contributed by atoms with van der Waals surface area (Å²) in [5.41, 5.74) is 3.19. The number of hydrogen-bond acceptors (Lipinski definition) is 2. The second kappa shape index (κ2) is 7.26. The minimum Gasteiger partial charge on any atom is -0.308 e. The lowest BCUT2D eigenvalue weighted by Crippen LogP contribution is -2.13. The second-order valence-electron chi connectivity index (χ2n) is 4.33. The fourth-order valence-corrected chi connectivity index (χ4v) is 1.88. The molecule has 3 nitrogen and oxygen atoms in total. The highest BCUT2D eigenvalue weighted by Crippen LogP contribution is 2.07. The Morgan fingerprint density at radius 1 is 1.32 bits per heavy atom. The highest BCUT2D eigenvalue weighted by atomic mass is 35.5. The molecule has 0 saturated carbocycles. The normalized spacial score (nSPS) is 10.3. The molecule has 0 saturated heterocycles. The van der Waals surface area contributed by atoms with Crippen molar-refractivity contribution in [3.63, 3.8) is 0 Å². The van der Waals surface area contributed by atoms with Gasteiger partial charge in [-0.2, -0.15) is 5.10 Å². The smallest absolute Gasteiger partial charge is 0.123 e. The summed E-state index contributed by atoms with van der Waals surface area (Å²) in [5.74, 6) is -0.190. The monoisotopic (exact) mass is 283 g/mol. The summed E-state index contributed by atoms with van der Waals surface area (Å²) in [4.78, 5) is 0. The maximum atomic E-state index is 13.0. The van der Waals surface area contributed by atoms with E-state index in [1.165, 1.54) is 11.6 Å². The van der Waals surface area contributed by atoms with Crippen molar-refractivity contribution in [1.82, 2.24) is 15.1 Å². The molecule has 0 bridgehead atoms. The minimum atomic E-state index is -0.190. The molecule has 0 radical (unpaired) electrons. The van der Waals surface area contributed by atoms with Crippen molar-refractivity contribution in [3.05, 3.63) is 53.1 Å². The number of aromatic nitrogens is 2. The van der Waals surface area contributed by atoms with Gasteiger partial charge in [0.25, 0.3) is 0 Å². The Kier molecular flexibility index (Phi) is 5.99. The Labute approximate surface area is 119 Å². The molecule has 0 amide bonds. The summed E-state index contributed by atoms with van der Waals surface area (Å²) >= 11 is 0. The Bertz CT molecular complexity index is 525. The topological polar surface area (TPSA) is 29.9 Å². The van der Waals surface area contributed by atoms with Crippen LogP contribution in [0, 0.1) is 12.7 Å². The van der Waals surface area contributed by atoms with E-state index in [-0.39, 0.29) is 18.2 Å². The van der Waals surface area contributed by atoms with Gasteiger partial charge in [0, 0.05) is 31.4 Å². The van der Waals surface area contributed by atoms with Crippen molar-refractivity contribution < 1.29 is 4.39 Å². The molecule has 0 unspecified atom stereocenters. The molecular formula is C14H19ClFN3. The van der Waals surface area contributed by atoms with Gasteiger partial charge >= 0.3 is 0 Å². The van der Waals surface area contributed by atoms with Crippen molar-refractivity contribution >= 4 is 12.4 Å². The largest absolute Gasteiger partial charge is 0.308 e. The molecule has 5 heteroatoms. The molecular weight excluding hydrogens is 265 g/mol. The van der Waals surface area contributed by atoms with E-state index in [1.54, 1.807) is 12.1 Å². The van der Waals surface area contributed by atoms with Gasteiger partial charge in [-0.1, -0.05) is 12.1 Å². The van der Waals surface area contributed by atoms with Crippen LogP contribution in [-0.4, -0.2) is 9.78 Å². The number of nitrogens with zero attached hydrogens (tertiary/aromatic N) is 2. The molecule has 0 spiro atoms. The molecule has 1 aromatic heterocycles. The van der Waals surface area contributed by atoms with E-state index in [1.807, 2.05) is 23.9 Å². The highest BCUT2D eigenvalue weighted by Gasteiger charge is 2.03. The van der Waals surface area contributed by atoms with Crippen LogP contribution in [0.2, 0.25) is 0 Å².